The van der Waals surface area contributed by atoms with Crippen molar-refractivity contribution in [1.82, 2.24) is 24.6 Å². The van der Waals surface area contributed by atoms with E-state index in [0.29, 0.717) is 45.2 Å². The molecule has 1 aromatic heterocycles. The van der Waals surface area contributed by atoms with Gasteiger partial charge in [-0.3, -0.25) is 9.69 Å². The van der Waals surface area contributed by atoms with Crippen molar-refractivity contribution in [3.05, 3.63) is 69.1 Å². The number of hydrogen-bond acceptors (Lipinski definition) is 4. The van der Waals surface area contributed by atoms with E-state index < -0.39 is 17.7 Å². The third-order valence-corrected chi connectivity index (χ3v) is 9.83. The summed E-state index contributed by atoms with van der Waals surface area (Å²) in [4.78, 5) is 33.2. The van der Waals surface area contributed by atoms with Crippen molar-refractivity contribution in [3.63, 3.8) is 0 Å². The Bertz CT molecular complexity index is 1320. The van der Waals surface area contributed by atoms with Crippen molar-refractivity contribution in [2.24, 2.45) is 0 Å². The van der Waals surface area contributed by atoms with Crippen LogP contribution in [0, 0.1) is 18.6 Å². The quantitative estimate of drug-likeness (QED) is 0.581. The van der Waals surface area contributed by atoms with Crippen LogP contribution in [0.25, 0.3) is 0 Å². The number of hydrogen-bond donors (Lipinski definition) is 1. The van der Waals surface area contributed by atoms with Gasteiger partial charge < -0.3 is 19.7 Å². The molecule has 3 heterocycles. The maximum Gasteiger partial charge on any atom is 0.320 e. The fourth-order valence-electron chi connectivity index (χ4n) is 7.39. The molecule has 1 spiro atoms. The lowest BCUT2D eigenvalue weighted by atomic mass is 9.90. The number of aromatic nitrogens is 1. The van der Waals surface area contributed by atoms with Crippen LogP contribution in [0.5, 0.6) is 0 Å². The molecule has 2 aromatic rings. The third-order valence-electron chi connectivity index (χ3n) is 9.83. The smallest absolute Gasteiger partial charge is 0.320 e. The minimum Gasteiger partial charge on any atom is -0.348 e. The normalized spacial score (nSPS) is 25.1. The van der Waals surface area contributed by atoms with Gasteiger partial charge in [0.1, 0.15) is 11.6 Å². The van der Waals surface area contributed by atoms with Crippen LogP contribution in [0.3, 0.4) is 0 Å². The molecule has 40 heavy (non-hydrogen) atoms. The molecule has 6 rings (SSSR count). The number of amides is 2. The highest BCUT2D eigenvalue weighted by molar-refractivity contribution is 5.75. The second-order valence-electron chi connectivity index (χ2n) is 12.4. The zero-order valence-electron chi connectivity index (χ0n) is 23.7. The van der Waals surface area contributed by atoms with E-state index in [0.717, 1.165) is 55.5 Å². The molecule has 2 saturated carbocycles. The summed E-state index contributed by atoms with van der Waals surface area (Å²) in [6.45, 7) is 4.93. The molecule has 0 radical (unpaired) electrons. The molecule has 2 aliphatic heterocycles. The molecule has 1 aromatic carbocycles. The van der Waals surface area contributed by atoms with Crippen molar-refractivity contribution in [3.8, 4) is 0 Å². The van der Waals surface area contributed by atoms with Gasteiger partial charge in [0.25, 0.3) is 0 Å². The number of rotatable bonds is 5. The topological polar surface area (TPSA) is 60.8 Å². The van der Waals surface area contributed by atoms with Crippen LogP contribution in [-0.4, -0.2) is 70.1 Å². The second kappa shape index (κ2) is 10.9. The highest BCUT2D eigenvalue weighted by atomic mass is 19.1. The number of aryl methyl sites for hydroxylation is 1. The van der Waals surface area contributed by atoms with Crippen molar-refractivity contribution in [1.29, 1.82) is 0 Å². The summed E-state index contributed by atoms with van der Waals surface area (Å²) in [5.41, 5.74) is 2.02. The predicted octanol–water partition coefficient (Wildman–Crippen LogP) is 4.75. The minimum atomic E-state index is -0.527. The number of nitrogens with one attached hydrogen (secondary N) is 1. The first-order chi connectivity index (χ1) is 19.3. The number of carbonyl (C=O) groups excluding carboxylic acids is 1. The monoisotopic (exact) mass is 553 g/mol. The molecular formula is C31H41F2N5O2. The molecule has 9 heteroatoms. The van der Waals surface area contributed by atoms with E-state index in [-0.39, 0.29) is 28.6 Å². The van der Waals surface area contributed by atoms with Crippen LogP contribution in [0.4, 0.5) is 13.6 Å². The van der Waals surface area contributed by atoms with Crippen LogP contribution >= 0.6 is 0 Å². The molecule has 4 aliphatic rings. The number of piperazine rings is 1. The Morgan fingerprint density at radius 2 is 1.85 bits per heavy atom. The molecular weight excluding hydrogens is 512 g/mol. The molecule has 216 valence electrons. The van der Waals surface area contributed by atoms with Gasteiger partial charge in [0, 0.05) is 79.4 Å². The average molecular weight is 554 g/mol. The van der Waals surface area contributed by atoms with E-state index in [2.05, 4.69) is 21.0 Å². The Kier molecular flexibility index (Phi) is 7.46. The van der Waals surface area contributed by atoms with E-state index in [4.69, 9.17) is 0 Å². The van der Waals surface area contributed by atoms with Crippen LogP contribution in [0.1, 0.15) is 80.3 Å². The van der Waals surface area contributed by atoms with E-state index in [1.54, 1.807) is 11.0 Å². The van der Waals surface area contributed by atoms with Crippen LogP contribution < -0.4 is 10.7 Å². The van der Waals surface area contributed by atoms with Crippen LogP contribution in [0.15, 0.2) is 35.3 Å². The zero-order chi connectivity index (χ0) is 28.0. The highest BCUT2D eigenvalue weighted by Gasteiger charge is 2.46. The number of urea groups is 1. The number of nitrogens with zero attached hydrogens (tertiary/aromatic N) is 4. The summed E-state index contributed by atoms with van der Waals surface area (Å²) < 4.78 is 31.4. The summed E-state index contributed by atoms with van der Waals surface area (Å²) in [5, 5.41) is 3.27. The summed E-state index contributed by atoms with van der Waals surface area (Å²) >= 11 is 0. The lowest BCUT2D eigenvalue weighted by Gasteiger charge is -2.51. The Morgan fingerprint density at radius 1 is 1.07 bits per heavy atom. The maximum absolute atomic E-state index is 14.9. The van der Waals surface area contributed by atoms with Crippen LogP contribution in [-0.2, 0) is 6.54 Å². The number of likely N-dealkylation sites (tertiary alicyclic amines) is 1. The van der Waals surface area contributed by atoms with Gasteiger partial charge in [-0.15, -0.1) is 0 Å². The number of halogens is 2. The molecule has 2 amide bonds. The van der Waals surface area contributed by atoms with E-state index in [1.807, 2.05) is 18.9 Å². The Balaban J connectivity index is 1.23. The summed E-state index contributed by atoms with van der Waals surface area (Å²) in [7, 11) is 1.87. The second-order valence-corrected chi connectivity index (χ2v) is 12.4. The highest BCUT2D eigenvalue weighted by Crippen LogP contribution is 2.41. The van der Waals surface area contributed by atoms with Gasteiger partial charge in [0.05, 0.1) is 6.04 Å². The molecule has 2 aliphatic carbocycles. The van der Waals surface area contributed by atoms with Crippen molar-refractivity contribution >= 4 is 6.03 Å². The summed E-state index contributed by atoms with van der Waals surface area (Å²) in [6, 6.07) is 5.31. The first kappa shape index (κ1) is 27.4. The van der Waals surface area contributed by atoms with Gasteiger partial charge in [-0.2, -0.15) is 0 Å². The summed E-state index contributed by atoms with van der Waals surface area (Å²) in [5.74, 6) is -0.973. The van der Waals surface area contributed by atoms with Gasteiger partial charge in [-0.1, -0.05) is 12.8 Å². The number of piperidine rings is 1. The SMILES string of the molecule is CN[C@@H]1CCN(C(=O)N2CCN(Cc3cn(C4CC4)c(C)cc3=O)C3(CCCC3)C2)[C@H](c2cc(F)ccc2F)C1. The van der Waals surface area contributed by atoms with E-state index in [9.17, 15) is 18.4 Å². The molecule has 0 unspecified atom stereocenters. The van der Waals surface area contributed by atoms with Gasteiger partial charge in [-0.25, -0.2) is 13.6 Å². The Morgan fingerprint density at radius 3 is 2.58 bits per heavy atom. The molecule has 4 fully saturated rings. The molecule has 0 bridgehead atoms. The standard InChI is InChI=1S/C31H41F2N5O2/c1-21-15-29(39)22(19-38(21)25-6-7-25)18-36-14-13-35(20-31(36)10-3-4-11-31)30(40)37-12-9-24(34-2)17-28(37)26-16-23(32)5-8-27(26)33/h5,8,15-16,19,24-25,28,34H,3-4,6-7,9-14,17-18,20H2,1-2H3/t24-,28+/m1/s1. The van der Waals surface area contributed by atoms with Crippen molar-refractivity contribution in [2.75, 3.05) is 33.2 Å². The zero-order valence-corrected chi connectivity index (χ0v) is 23.7. The maximum atomic E-state index is 14.9. The summed E-state index contributed by atoms with van der Waals surface area (Å²) in [6.07, 6.45) is 9.88. The fraction of sp³-hybridized carbons (Fsp3) is 0.613. The number of benzene rings is 1. The lowest BCUT2D eigenvalue weighted by molar-refractivity contribution is -0.00244. The lowest BCUT2D eigenvalue weighted by Crippen LogP contribution is -2.64. The van der Waals surface area contributed by atoms with Gasteiger partial charge >= 0.3 is 6.03 Å². The fourth-order valence-corrected chi connectivity index (χ4v) is 7.39. The molecule has 2 saturated heterocycles. The largest absolute Gasteiger partial charge is 0.348 e. The number of pyridine rings is 1. The first-order valence-electron chi connectivity index (χ1n) is 14.9. The first-order valence-corrected chi connectivity index (χ1v) is 14.9. The van der Waals surface area contributed by atoms with E-state index in [1.165, 1.54) is 18.9 Å². The van der Waals surface area contributed by atoms with E-state index >= 15 is 0 Å². The molecule has 1 N–H and O–H groups in total. The van der Waals surface area contributed by atoms with Gasteiger partial charge in [0.15, 0.2) is 5.43 Å². The van der Waals surface area contributed by atoms with Gasteiger partial charge in [0.2, 0.25) is 0 Å². The van der Waals surface area contributed by atoms with Gasteiger partial charge in [-0.05, 0) is 70.7 Å². The van der Waals surface area contributed by atoms with Crippen molar-refractivity contribution in [2.45, 2.75) is 88.5 Å². The molecule has 7 nitrogen and oxygen atoms in total. The minimum absolute atomic E-state index is 0.0911. The third kappa shape index (κ3) is 5.18. The van der Waals surface area contributed by atoms with Crippen molar-refractivity contribution < 1.29 is 13.6 Å². The Hall–Kier alpha value is -2.78. The Labute approximate surface area is 235 Å². The number of carbonyl (C=O) groups is 1. The predicted molar refractivity (Wildman–Crippen MR) is 150 cm³/mol. The average Bonchev–Trinajstić information content (AvgIpc) is 3.69. The van der Waals surface area contributed by atoms with Crippen LogP contribution in [0.2, 0.25) is 0 Å². The molecule has 2 atom stereocenters.